The molecule has 1 aliphatic rings. The molecule has 0 atom stereocenters. The fourth-order valence-corrected chi connectivity index (χ4v) is 4.30. The minimum atomic E-state index is 0. The molecule has 0 unspecified atom stereocenters. The second-order valence-corrected chi connectivity index (χ2v) is 8.51. The molecule has 30 heavy (non-hydrogen) atoms. The van der Waals surface area contributed by atoms with E-state index in [1.807, 2.05) is 31.2 Å². The number of hydrogen-bond acceptors (Lipinski definition) is 3. The van der Waals surface area contributed by atoms with Crippen LogP contribution in [0.5, 0.6) is 11.5 Å². The summed E-state index contributed by atoms with van der Waals surface area (Å²) < 4.78 is 12.8. The molecule has 2 aromatic carbocycles. The first kappa shape index (κ1) is 25.1. The van der Waals surface area contributed by atoms with Crippen LogP contribution in [0.15, 0.2) is 52.5 Å². The topological polar surface area (TPSA) is 30.5 Å². The number of allylic oxidation sites excluding steroid dienone is 1. The monoisotopic (exact) mass is 513 g/mol. The van der Waals surface area contributed by atoms with Crippen LogP contribution >= 0.6 is 39.9 Å². The van der Waals surface area contributed by atoms with Crippen molar-refractivity contribution in [3.05, 3.63) is 68.7 Å². The maximum Gasteiger partial charge on any atom is 0.175 e. The van der Waals surface area contributed by atoms with Crippen LogP contribution in [0, 0.1) is 0 Å². The van der Waals surface area contributed by atoms with Gasteiger partial charge in [0.2, 0.25) is 0 Å². The van der Waals surface area contributed by atoms with Gasteiger partial charge in [0, 0.05) is 17.1 Å². The Balaban J connectivity index is 0.00000320. The van der Waals surface area contributed by atoms with Crippen molar-refractivity contribution in [1.29, 1.82) is 0 Å². The first-order valence-corrected chi connectivity index (χ1v) is 11.5. The Bertz CT molecular complexity index is 842. The molecule has 3 rings (SSSR count). The van der Waals surface area contributed by atoms with E-state index in [1.165, 1.54) is 31.2 Å². The van der Waals surface area contributed by atoms with Gasteiger partial charge in [0.1, 0.15) is 6.61 Å². The molecule has 0 bridgehead atoms. The van der Waals surface area contributed by atoms with Gasteiger partial charge in [-0.05, 0) is 85.3 Å². The smallest absolute Gasteiger partial charge is 0.175 e. The molecule has 0 amide bonds. The van der Waals surface area contributed by atoms with Crippen molar-refractivity contribution in [2.45, 2.75) is 52.2 Å². The summed E-state index contributed by atoms with van der Waals surface area (Å²) in [5.41, 5.74) is 3.72. The zero-order valence-electron chi connectivity index (χ0n) is 17.4. The third-order valence-corrected chi connectivity index (χ3v) is 5.99. The Morgan fingerprint density at radius 1 is 1.13 bits per heavy atom. The molecule has 0 fully saturated rings. The number of nitrogens with one attached hydrogen (secondary N) is 1. The lowest BCUT2D eigenvalue weighted by atomic mass is 9.97. The van der Waals surface area contributed by atoms with Gasteiger partial charge in [-0.2, -0.15) is 0 Å². The van der Waals surface area contributed by atoms with Gasteiger partial charge < -0.3 is 14.8 Å². The molecule has 0 saturated carbocycles. The van der Waals surface area contributed by atoms with Crippen LogP contribution in [0.3, 0.4) is 0 Å². The second-order valence-electron chi connectivity index (χ2n) is 7.25. The molecule has 1 N–H and O–H groups in total. The van der Waals surface area contributed by atoms with Crippen LogP contribution in [0.2, 0.25) is 5.02 Å². The molecule has 0 spiro atoms. The summed E-state index contributed by atoms with van der Waals surface area (Å²) in [5.74, 6) is 1.46. The normalized spacial score (nSPS) is 13.4. The summed E-state index contributed by atoms with van der Waals surface area (Å²) in [6, 6.07) is 11.9. The Morgan fingerprint density at radius 2 is 1.97 bits per heavy atom. The first-order chi connectivity index (χ1) is 14.2. The minimum Gasteiger partial charge on any atom is -0.490 e. The molecule has 0 radical (unpaired) electrons. The molecular formula is C24H30BrCl2NO2. The van der Waals surface area contributed by atoms with E-state index >= 15 is 0 Å². The highest BCUT2D eigenvalue weighted by Gasteiger charge is 2.13. The van der Waals surface area contributed by atoms with Crippen LogP contribution in [0.25, 0.3) is 0 Å². The van der Waals surface area contributed by atoms with Crippen LogP contribution in [0.1, 0.15) is 50.2 Å². The molecule has 6 heteroatoms. The van der Waals surface area contributed by atoms with E-state index in [0.717, 1.165) is 35.3 Å². The quantitative estimate of drug-likeness (QED) is 0.263. The second kappa shape index (κ2) is 13.3. The summed E-state index contributed by atoms with van der Waals surface area (Å²) in [5, 5.41) is 4.26. The van der Waals surface area contributed by atoms with Gasteiger partial charge in [0.15, 0.2) is 11.5 Å². The van der Waals surface area contributed by atoms with E-state index in [4.69, 9.17) is 21.1 Å². The Hall–Kier alpha value is -1.20. The molecule has 0 saturated heterocycles. The van der Waals surface area contributed by atoms with Crippen molar-refractivity contribution in [3.63, 3.8) is 0 Å². The average Bonchev–Trinajstić information content (AvgIpc) is 2.73. The Labute approximate surface area is 199 Å². The Morgan fingerprint density at radius 3 is 2.70 bits per heavy atom. The van der Waals surface area contributed by atoms with Crippen molar-refractivity contribution in [2.24, 2.45) is 0 Å². The van der Waals surface area contributed by atoms with Gasteiger partial charge in [0.25, 0.3) is 0 Å². The number of ether oxygens (including phenoxy) is 2. The van der Waals surface area contributed by atoms with E-state index in [-0.39, 0.29) is 12.4 Å². The minimum absolute atomic E-state index is 0. The summed E-state index contributed by atoms with van der Waals surface area (Å²) in [4.78, 5) is 0. The van der Waals surface area contributed by atoms with E-state index in [2.05, 4.69) is 39.5 Å². The summed E-state index contributed by atoms with van der Waals surface area (Å²) in [6.45, 7) is 4.76. The predicted molar refractivity (Wildman–Crippen MR) is 131 cm³/mol. The van der Waals surface area contributed by atoms with E-state index in [1.54, 1.807) is 5.57 Å². The van der Waals surface area contributed by atoms with Gasteiger partial charge in [-0.25, -0.2) is 0 Å². The van der Waals surface area contributed by atoms with Crippen LogP contribution in [-0.2, 0) is 13.2 Å². The van der Waals surface area contributed by atoms with E-state index < -0.39 is 0 Å². The van der Waals surface area contributed by atoms with E-state index in [0.29, 0.717) is 24.0 Å². The van der Waals surface area contributed by atoms with Crippen molar-refractivity contribution < 1.29 is 9.47 Å². The third kappa shape index (κ3) is 7.49. The van der Waals surface area contributed by atoms with Gasteiger partial charge in [-0.1, -0.05) is 41.4 Å². The molecule has 1 aliphatic carbocycles. The van der Waals surface area contributed by atoms with Crippen molar-refractivity contribution in [3.8, 4) is 11.5 Å². The highest BCUT2D eigenvalue weighted by atomic mass is 79.9. The highest BCUT2D eigenvalue weighted by molar-refractivity contribution is 9.10. The van der Waals surface area contributed by atoms with Crippen molar-refractivity contribution >= 4 is 39.9 Å². The lowest BCUT2D eigenvalue weighted by molar-refractivity contribution is 0.267. The average molecular weight is 515 g/mol. The third-order valence-electron chi connectivity index (χ3n) is 5.04. The summed E-state index contributed by atoms with van der Waals surface area (Å²) in [6.07, 6.45) is 8.75. The van der Waals surface area contributed by atoms with Crippen molar-refractivity contribution in [1.82, 2.24) is 5.32 Å². The maximum atomic E-state index is 6.25. The molecule has 0 aliphatic heterocycles. The first-order valence-electron chi connectivity index (χ1n) is 10.4. The zero-order valence-corrected chi connectivity index (χ0v) is 20.5. The van der Waals surface area contributed by atoms with Crippen molar-refractivity contribution in [2.75, 3.05) is 13.2 Å². The van der Waals surface area contributed by atoms with Crippen LogP contribution < -0.4 is 14.8 Å². The SMILES string of the molecule is CCOc1cc(CNCCC2=CCCCC2)cc(Br)c1OCc1ccccc1Cl.Cl. The standard InChI is InChI=1S/C24H29BrClNO2.ClH/c1-2-28-23-15-19(16-27-13-12-18-8-4-3-5-9-18)14-21(25)24(23)29-17-20-10-6-7-11-22(20)26;/h6-8,10-11,14-15,27H,2-5,9,12-13,16-17H2,1H3;1H. The summed E-state index contributed by atoms with van der Waals surface area (Å²) >= 11 is 9.91. The van der Waals surface area contributed by atoms with Gasteiger partial charge in [-0.3, -0.25) is 0 Å². The van der Waals surface area contributed by atoms with Gasteiger partial charge >= 0.3 is 0 Å². The summed E-state index contributed by atoms with van der Waals surface area (Å²) in [7, 11) is 0. The molecule has 164 valence electrons. The molecule has 0 heterocycles. The Kier molecular flexibility index (Phi) is 11.1. The molecular weight excluding hydrogens is 485 g/mol. The fraction of sp³-hybridized carbons (Fsp3) is 0.417. The molecule has 3 nitrogen and oxygen atoms in total. The van der Waals surface area contributed by atoms with Gasteiger partial charge in [-0.15, -0.1) is 12.4 Å². The van der Waals surface area contributed by atoms with E-state index in [9.17, 15) is 0 Å². The number of halogens is 3. The lowest BCUT2D eigenvalue weighted by Gasteiger charge is -2.17. The molecule has 2 aromatic rings. The number of hydrogen-bond donors (Lipinski definition) is 1. The highest BCUT2D eigenvalue weighted by Crippen LogP contribution is 2.38. The van der Waals surface area contributed by atoms with Crippen LogP contribution in [0.4, 0.5) is 0 Å². The largest absolute Gasteiger partial charge is 0.490 e. The molecule has 0 aromatic heterocycles. The number of benzene rings is 2. The van der Waals surface area contributed by atoms with Gasteiger partial charge in [0.05, 0.1) is 11.1 Å². The van der Waals surface area contributed by atoms with Crippen LogP contribution in [-0.4, -0.2) is 13.2 Å². The fourth-order valence-electron chi connectivity index (χ4n) is 3.51. The number of rotatable bonds is 10. The predicted octanol–water partition coefficient (Wildman–Crippen LogP) is 7.48. The maximum absolute atomic E-state index is 6.25. The lowest BCUT2D eigenvalue weighted by Crippen LogP contribution is -2.16. The zero-order chi connectivity index (χ0) is 20.5.